The summed E-state index contributed by atoms with van der Waals surface area (Å²) < 4.78 is 10.3. The summed E-state index contributed by atoms with van der Waals surface area (Å²) in [6.45, 7) is 2.02. The highest BCUT2D eigenvalue weighted by Gasteiger charge is 2.15. The van der Waals surface area contributed by atoms with Gasteiger partial charge in [0.05, 0.1) is 20.3 Å². The minimum atomic E-state index is 0.549. The van der Waals surface area contributed by atoms with Crippen molar-refractivity contribution in [3.8, 4) is 11.8 Å². The molecule has 5 nitrogen and oxygen atoms in total. The Bertz CT molecular complexity index is 329. The van der Waals surface area contributed by atoms with Gasteiger partial charge in [0.1, 0.15) is 0 Å². The first-order chi connectivity index (χ1) is 7.83. The maximum atomic E-state index is 5.13. The molecule has 0 unspecified atom stereocenters. The molecule has 0 bridgehead atoms. The molecule has 0 spiro atoms. The van der Waals surface area contributed by atoms with Crippen LogP contribution < -0.4 is 14.4 Å². The van der Waals surface area contributed by atoms with Crippen molar-refractivity contribution >= 4 is 5.95 Å². The summed E-state index contributed by atoms with van der Waals surface area (Å²) in [5.41, 5.74) is 0. The van der Waals surface area contributed by atoms with E-state index < -0.39 is 0 Å². The number of aromatic nitrogens is 2. The molecule has 2 heterocycles. The smallest absolute Gasteiger partial charge is 0.231 e. The highest BCUT2D eigenvalue weighted by molar-refractivity contribution is 5.36. The summed E-state index contributed by atoms with van der Waals surface area (Å²) in [6, 6.07) is 1.69. The van der Waals surface area contributed by atoms with Crippen LogP contribution in [0.15, 0.2) is 6.07 Å². The van der Waals surface area contributed by atoms with Crippen LogP contribution >= 0.6 is 0 Å². The van der Waals surface area contributed by atoms with E-state index in [4.69, 9.17) is 9.47 Å². The van der Waals surface area contributed by atoms with Gasteiger partial charge >= 0.3 is 0 Å². The molecule has 1 aromatic heterocycles. The maximum Gasteiger partial charge on any atom is 0.231 e. The van der Waals surface area contributed by atoms with Crippen LogP contribution in [0.5, 0.6) is 11.8 Å². The van der Waals surface area contributed by atoms with Gasteiger partial charge in [-0.25, -0.2) is 0 Å². The Hall–Kier alpha value is -1.52. The van der Waals surface area contributed by atoms with E-state index in [1.807, 2.05) is 0 Å². The largest absolute Gasteiger partial charge is 0.481 e. The lowest BCUT2D eigenvalue weighted by molar-refractivity contribution is 0.370. The molecule has 0 radical (unpaired) electrons. The molecule has 0 aromatic carbocycles. The van der Waals surface area contributed by atoms with E-state index in [9.17, 15) is 0 Å². The standard InChI is InChI=1S/C11H17N3O2/c1-15-9-8-10(16-2)13-11(12-9)14-6-4-3-5-7-14/h8H,3-7H2,1-2H3. The van der Waals surface area contributed by atoms with Crippen molar-refractivity contribution < 1.29 is 9.47 Å². The number of anilines is 1. The Morgan fingerprint density at radius 3 is 2.06 bits per heavy atom. The highest BCUT2D eigenvalue weighted by Crippen LogP contribution is 2.22. The number of hydrogen-bond donors (Lipinski definition) is 0. The quantitative estimate of drug-likeness (QED) is 0.776. The van der Waals surface area contributed by atoms with Gasteiger partial charge in [-0.1, -0.05) is 0 Å². The number of methoxy groups -OCH3 is 2. The lowest BCUT2D eigenvalue weighted by atomic mass is 10.1. The molecule has 0 amide bonds. The first-order valence-electron chi connectivity index (χ1n) is 5.55. The molecule has 1 aromatic rings. The lowest BCUT2D eigenvalue weighted by Gasteiger charge is -2.26. The minimum absolute atomic E-state index is 0.549. The number of ether oxygens (including phenoxy) is 2. The summed E-state index contributed by atoms with van der Waals surface area (Å²) in [4.78, 5) is 10.8. The Morgan fingerprint density at radius 1 is 1.00 bits per heavy atom. The van der Waals surface area contributed by atoms with E-state index in [1.165, 1.54) is 19.3 Å². The number of nitrogens with zero attached hydrogens (tertiary/aromatic N) is 3. The van der Waals surface area contributed by atoms with Crippen LogP contribution in [0.3, 0.4) is 0 Å². The fourth-order valence-corrected chi connectivity index (χ4v) is 1.84. The second-order valence-corrected chi connectivity index (χ2v) is 3.80. The van der Waals surface area contributed by atoms with E-state index in [-0.39, 0.29) is 0 Å². The Morgan fingerprint density at radius 2 is 1.56 bits per heavy atom. The molecular formula is C11H17N3O2. The van der Waals surface area contributed by atoms with E-state index in [1.54, 1.807) is 20.3 Å². The Balaban J connectivity index is 2.24. The molecule has 0 N–H and O–H groups in total. The summed E-state index contributed by atoms with van der Waals surface area (Å²) in [5, 5.41) is 0. The van der Waals surface area contributed by atoms with Crippen LogP contribution in [0.25, 0.3) is 0 Å². The van der Waals surface area contributed by atoms with Gasteiger partial charge in [-0.3, -0.25) is 0 Å². The molecule has 0 atom stereocenters. The van der Waals surface area contributed by atoms with Crippen molar-refractivity contribution in [2.45, 2.75) is 19.3 Å². The minimum Gasteiger partial charge on any atom is -0.481 e. The van der Waals surface area contributed by atoms with Gasteiger partial charge in [-0.2, -0.15) is 9.97 Å². The number of rotatable bonds is 3. The van der Waals surface area contributed by atoms with Crippen LogP contribution in [0.4, 0.5) is 5.95 Å². The molecule has 0 aliphatic carbocycles. The topological polar surface area (TPSA) is 47.5 Å². The normalized spacial score (nSPS) is 16.0. The summed E-state index contributed by atoms with van der Waals surface area (Å²) in [7, 11) is 3.20. The van der Waals surface area contributed by atoms with E-state index in [2.05, 4.69) is 14.9 Å². The second-order valence-electron chi connectivity index (χ2n) is 3.80. The fraction of sp³-hybridized carbons (Fsp3) is 0.636. The zero-order valence-electron chi connectivity index (χ0n) is 9.77. The fourth-order valence-electron chi connectivity index (χ4n) is 1.84. The first kappa shape index (κ1) is 11.0. The third-order valence-electron chi connectivity index (χ3n) is 2.72. The van der Waals surface area contributed by atoms with Gasteiger partial charge in [0.25, 0.3) is 0 Å². The maximum absolute atomic E-state index is 5.13. The molecular weight excluding hydrogens is 206 g/mol. The van der Waals surface area contributed by atoms with Crippen LogP contribution in [-0.2, 0) is 0 Å². The van der Waals surface area contributed by atoms with Crippen molar-refractivity contribution in [2.24, 2.45) is 0 Å². The lowest BCUT2D eigenvalue weighted by Crippen LogP contribution is -2.31. The van der Waals surface area contributed by atoms with Gasteiger partial charge in [-0.05, 0) is 19.3 Å². The predicted molar refractivity (Wildman–Crippen MR) is 61.2 cm³/mol. The Kier molecular flexibility index (Phi) is 3.44. The van der Waals surface area contributed by atoms with E-state index in [0.29, 0.717) is 17.7 Å². The van der Waals surface area contributed by atoms with Crippen molar-refractivity contribution in [1.82, 2.24) is 9.97 Å². The third-order valence-corrected chi connectivity index (χ3v) is 2.72. The van der Waals surface area contributed by atoms with Crippen molar-refractivity contribution in [3.05, 3.63) is 6.07 Å². The van der Waals surface area contributed by atoms with Gasteiger partial charge in [0.15, 0.2) is 0 Å². The zero-order chi connectivity index (χ0) is 11.4. The molecule has 1 fully saturated rings. The average Bonchev–Trinajstić information content (AvgIpc) is 2.39. The number of piperidine rings is 1. The van der Waals surface area contributed by atoms with Gasteiger partial charge in [-0.15, -0.1) is 0 Å². The van der Waals surface area contributed by atoms with Gasteiger partial charge < -0.3 is 14.4 Å². The van der Waals surface area contributed by atoms with Crippen LogP contribution in [-0.4, -0.2) is 37.3 Å². The van der Waals surface area contributed by atoms with Gasteiger partial charge in [0, 0.05) is 13.1 Å². The zero-order valence-corrected chi connectivity index (χ0v) is 9.77. The average molecular weight is 223 g/mol. The summed E-state index contributed by atoms with van der Waals surface area (Å²) in [5.74, 6) is 1.80. The number of hydrogen-bond acceptors (Lipinski definition) is 5. The predicted octanol–water partition coefficient (Wildman–Crippen LogP) is 1.48. The summed E-state index contributed by atoms with van der Waals surface area (Å²) >= 11 is 0. The molecule has 88 valence electrons. The molecule has 1 aliphatic rings. The first-order valence-corrected chi connectivity index (χ1v) is 5.55. The second kappa shape index (κ2) is 5.01. The SMILES string of the molecule is COc1cc(OC)nc(N2CCCCC2)n1. The molecule has 2 rings (SSSR count). The van der Waals surface area contributed by atoms with E-state index >= 15 is 0 Å². The van der Waals surface area contributed by atoms with Gasteiger partial charge in [0.2, 0.25) is 17.7 Å². The van der Waals surface area contributed by atoms with Crippen molar-refractivity contribution in [2.75, 3.05) is 32.2 Å². The monoisotopic (exact) mass is 223 g/mol. The van der Waals surface area contributed by atoms with Crippen LogP contribution in [0, 0.1) is 0 Å². The Labute approximate surface area is 95.4 Å². The van der Waals surface area contributed by atoms with Crippen molar-refractivity contribution in [3.63, 3.8) is 0 Å². The van der Waals surface area contributed by atoms with Crippen LogP contribution in [0.2, 0.25) is 0 Å². The highest BCUT2D eigenvalue weighted by atomic mass is 16.5. The molecule has 5 heteroatoms. The molecule has 1 saturated heterocycles. The van der Waals surface area contributed by atoms with E-state index in [0.717, 1.165) is 13.1 Å². The third kappa shape index (κ3) is 2.35. The van der Waals surface area contributed by atoms with Crippen LogP contribution in [0.1, 0.15) is 19.3 Å². The molecule has 16 heavy (non-hydrogen) atoms. The molecule has 0 saturated carbocycles. The molecule has 1 aliphatic heterocycles. The summed E-state index contributed by atoms with van der Waals surface area (Å²) in [6.07, 6.45) is 3.68. The van der Waals surface area contributed by atoms with Crippen molar-refractivity contribution in [1.29, 1.82) is 0 Å².